The second kappa shape index (κ2) is 14.1. The van der Waals surface area contributed by atoms with E-state index in [0.29, 0.717) is 0 Å². The molecule has 7 aromatic carbocycles. The highest BCUT2D eigenvalue weighted by Gasteiger charge is 2.54. The van der Waals surface area contributed by atoms with E-state index in [9.17, 15) is 0 Å². The second-order valence-corrected chi connectivity index (χ2v) is 21.5. The van der Waals surface area contributed by atoms with E-state index in [2.05, 4.69) is 242 Å². The second-order valence-electron chi connectivity index (χ2n) is 20.2. The summed E-state index contributed by atoms with van der Waals surface area (Å²) in [4.78, 5) is 6.64. The number of para-hydroxylation sites is 1. The molecule has 0 N–H and O–H groups in total. The summed E-state index contributed by atoms with van der Waals surface area (Å²) in [5.41, 5.74) is 19.8. The van der Waals surface area contributed by atoms with Gasteiger partial charge in [0.2, 0.25) is 6.71 Å². The van der Waals surface area contributed by atoms with Gasteiger partial charge in [-0.15, -0.1) is 11.8 Å². The number of anilines is 5. The van der Waals surface area contributed by atoms with Crippen molar-refractivity contribution in [1.29, 1.82) is 0 Å². The van der Waals surface area contributed by atoms with Crippen LogP contribution in [0.1, 0.15) is 90.6 Å². The first-order valence-corrected chi connectivity index (χ1v) is 22.6. The minimum atomic E-state index is 0.0383. The summed E-state index contributed by atoms with van der Waals surface area (Å²) in [6.45, 7) is 20.9. The summed E-state index contributed by atoms with van der Waals surface area (Å²) < 4.78 is 0. The molecular weight excluding hydrogens is 744 g/mol. The number of hydrogen-bond acceptors (Lipinski definition) is 3. The van der Waals surface area contributed by atoms with Crippen LogP contribution in [0, 0.1) is 0 Å². The summed E-state index contributed by atoms with van der Waals surface area (Å²) in [5.74, 6) is 0. The van der Waals surface area contributed by atoms with Gasteiger partial charge in [-0.1, -0.05) is 172 Å². The van der Waals surface area contributed by atoms with Gasteiger partial charge in [-0.05, 0) is 120 Å². The van der Waals surface area contributed by atoms with E-state index in [0.717, 1.165) is 0 Å². The molecule has 0 bridgehead atoms. The molecule has 4 heteroatoms. The van der Waals surface area contributed by atoms with E-state index in [-0.39, 0.29) is 34.1 Å². The van der Waals surface area contributed by atoms with Crippen LogP contribution in [0.3, 0.4) is 0 Å². The molecule has 2 unspecified atom stereocenters. The zero-order valence-electron chi connectivity index (χ0n) is 36.5. The molecule has 60 heavy (non-hydrogen) atoms. The SMILES string of the molecule is CC(C)(C)c1ccc(-c2cccc(N3c4cccc5c4B(c4ccc(-c6ccc(C(C)(C)C)cc6)cc4N5c4ccccc4)C4Sc5ccc(C(C)(C)C)cc5C43)c2)cc1. The van der Waals surface area contributed by atoms with Gasteiger partial charge in [0, 0.05) is 38.5 Å². The highest BCUT2D eigenvalue weighted by molar-refractivity contribution is 8.02. The van der Waals surface area contributed by atoms with Crippen molar-refractivity contribution in [1.82, 2.24) is 0 Å². The van der Waals surface area contributed by atoms with Crippen LogP contribution in [-0.4, -0.2) is 11.9 Å². The van der Waals surface area contributed by atoms with Gasteiger partial charge in [-0.3, -0.25) is 0 Å². The maximum absolute atomic E-state index is 2.71. The fourth-order valence-electron chi connectivity index (χ4n) is 9.81. The van der Waals surface area contributed by atoms with Gasteiger partial charge in [0.15, 0.2) is 0 Å². The van der Waals surface area contributed by atoms with E-state index >= 15 is 0 Å². The highest BCUT2D eigenvalue weighted by atomic mass is 32.2. The van der Waals surface area contributed by atoms with E-state index in [1.54, 1.807) is 0 Å². The van der Waals surface area contributed by atoms with Crippen LogP contribution in [0.4, 0.5) is 28.4 Å². The van der Waals surface area contributed by atoms with Gasteiger partial charge in [-0.25, -0.2) is 0 Å². The molecule has 0 radical (unpaired) electrons. The minimum absolute atomic E-state index is 0.0383. The van der Waals surface area contributed by atoms with E-state index in [1.165, 1.54) is 88.8 Å². The number of hydrogen-bond donors (Lipinski definition) is 0. The van der Waals surface area contributed by atoms with E-state index in [4.69, 9.17) is 0 Å². The van der Waals surface area contributed by atoms with Gasteiger partial charge in [0.05, 0.1) is 6.04 Å². The number of nitrogens with zero attached hydrogens (tertiary/aromatic N) is 2. The summed E-state index contributed by atoms with van der Waals surface area (Å²) in [6.07, 6.45) is 0. The Labute approximate surface area is 362 Å². The summed E-state index contributed by atoms with van der Waals surface area (Å²) in [5, 5.41) is 0.257. The van der Waals surface area contributed by atoms with Crippen molar-refractivity contribution in [3.63, 3.8) is 0 Å². The molecule has 0 saturated carbocycles. The van der Waals surface area contributed by atoms with Crippen LogP contribution in [0.25, 0.3) is 22.3 Å². The Kier molecular flexibility index (Phi) is 9.08. The van der Waals surface area contributed by atoms with Crippen molar-refractivity contribution < 1.29 is 0 Å². The molecule has 2 nitrogen and oxygen atoms in total. The molecule has 2 atom stereocenters. The maximum Gasteiger partial charge on any atom is 0.233 e. The predicted octanol–water partition coefficient (Wildman–Crippen LogP) is 14.2. The lowest BCUT2D eigenvalue weighted by Gasteiger charge is -2.48. The van der Waals surface area contributed by atoms with E-state index < -0.39 is 0 Å². The Morgan fingerprint density at radius 2 is 1.00 bits per heavy atom. The molecule has 3 aliphatic rings. The van der Waals surface area contributed by atoms with Crippen molar-refractivity contribution >= 4 is 57.8 Å². The average Bonchev–Trinajstić information content (AvgIpc) is 3.61. The molecule has 0 aliphatic carbocycles. The number of rotatable bonds is 4. The third-order valence-electron chi connectivity index (χ3n) is 13.2. The number of thioether (sulfide) groups is 1. The first kappa shape index (κ1) is 38.7. The lowest BCUT2D eigenvalue weighted by molar-refractivity contribution is 0.587. The molecule has 0 amide bonds. The van der Waals surface area contributed by atoms with Crippen LogP contribution in [0.2, 0.25) is 0 Å². The van der Waals surface area contributed by atoms with Gasteiger partial charge in [0.25, 0.3) is 0 Å². The Balaban J connectivity index is 1.19. The third-order valence-corrected chi connectivity index (χ3v) is 14.6. The normalized spacial score (nSPS) is 16.9. The molecule has 3 aliphatic heterocycles. The van der Waals surface area contributed by atoms with Gasteiger partial charge >= 0.3 is 0 Å². The monoisotopic (exact) mass is 798 g/mol. The van der Waals surface area contributed by atoms with Crippen molar-refractivity contribution in [2.45, 2.75) is 94.6 Å². The first-order valence-electron chi connectivity index (χ1n) is 21.7. The lowest BCUT2D eigenvalue weighted by atomic mass is 9.33. The largest absolute Gasteiger partial charge is 0.334 e. The summed E-state index contributed by atoms with van der Waals surface area (Å²) in [7, 11) is 0. The Morgan fingerprint density at radius 1 is 0.450 bits per heavy atom. The molecule has 0 aromatic heterocycles. The fourth-order valence-corrected chi connectivity index (χ4v) is 11.4. The summed E-state index contributed by atoms with van der Waals surface area (Å²) >= 11 is 2.09. The average molecular weight is 799 g/mol. The first-order chi connectivity index (χ1) is 28.6. The van der Waals surface area contributed by atoms with Crippen LogP contribution < -0.4 is 20.7 Å². The predicted molar refractivity (Wildman–Crippen MR) is 261 cm³/mol. The van der Waals surface area contributed by atoms with Gasteiger partial charge in [-0.2, -0.15) is 0 Å². The molecule has 10 rings (SSSR count). The van der Waals surface area contributed by atoms with Crippen LogP contribution in [0.15, 0.2) is 163 Å². The van der Waals surface area contributed by atoms with Crippen LogP contribution >= 0.6 is 11.8 Å². The smallest absolute Gasteiger partial charge is 0.233 e. The van der Waals surface area contributed by atoms with E-state index in [1.807, 2.05) is 0 Å². The van der Waals surface area contributed by atoms with Crippen molar-refractivity contribution in [2.24, 2.45) is 0 Å². The Hall–Kier alpha value is -5.45. The third kappa shape index (κ3) is 6.50. The van der Waals surface area contributed by atoms with Crippen molar-refractivity contribution in [2.75, 3.05) is 9.80 Å². The van der Waals surface area contributed by atoms with Crippen LogP contribution in [0.5, 0.6) is 0 Å². The molecule has 0 fully saturated rings. The zero-order chi connectivity index (χ0) is 41.7. The van der Waals surface area contributed by atoms with Crippen molar-refractivity contribution in [3.05, 3.63) is 180 Å². The molecule has 3 heterocycles. The molecular formula is C56H55BN2S. The highest BCUT2D eigenvalue weighted by Crippen LogP contribution is 2.57. The van der Waals surface area contributed by atoms with Crippen LogP contribution in [-0.2, 0) is 16.2 Å². The lowest BCUT2D eigenvalue weighted by Crippen LogP contribution is -2.62. The fraction of sp³-hybridized carbons (Fsp3) is 0.250. The molecule has 0 spiro atoms. The zero-order valence-corrected chi connectivity index (χ0v) is 37.4. The topological polar surface area (TPSA) is 6.48 Å². The number of fused-ring (bicyclic) bond motifs is 6. The standard InChI is InChI=1S/C56H55BN2S/c1-54(2,3)40-26-21-36(22-27-40)38-15-13-18-44(33-38)59-48-20-14-19-47-51(48)57(53-52(59)45-35-42(56(7,8)9)30-32-50(45)60-53)46-31-25-39(37-23-28-41(29-24-37)55(4,5)6)34-49(46)58(47)43-16-11-10-12-17-43/h10-35,52-53H,1-9H3. The molecule has 0 saturated heterocycles. The minimum Gasteiger partial charge on any atom is -0.334 e. The Morgan fingerprint density at radius 3 is 1.63 bits per heavy atom. The Bertz CT molecular complexity index is 2750. The maximum atomic E-state index is 2.71. The number of benzene rings is 7. The quantitative estimate of drug-likeness (QED) is 0.164. The van der Waals surface area contributed by atoms with Crippen molar-refractivity contribution in [3.8, 4) is 22.3 Å². The summed E-state index contributed by atoms with van der Waals surface area (Å²) in [6, 6.07) is 60.5. The van der Waals surface area contributed by atoms with Gasteiger partial charge in [0.1, 0.15) is 0 Å². The molecule has 298 valence electrons. The van der Waals surface area contributed by atoms with Gasteiger partial charge < -0.3 is 9.80 Å². The molecule has 7 aromatic rings.